The van der Waals surface area contributed by atoms with Crippen LogP contribution in [0.3, 0.4) is 0 Å². The van der Waals surface area contributed by atoms with Crippen LogP contribution in [0.1, 0.15) is 25.6 Å². The average molecular weight is 221 g/mol. The number of halogens is 1. The van der Waals surface area contributed by atoms with Gasteiger partial charge in [-0.3, -0.25) is 0 Å². The van der Waals surface area contributed by atoms with E-state index in [1.807, 2.05) is 13.8 Å². The Labute approximate surface area is 92.1 Å². The molecule has 0 bridgehead atoms. The third kappa shape index (κ3) is 1.73. The summed E-state index contributed by atoms with van der Waals surface area (Å²) in [6.45, 7) is 3.91. The standard InChI is InChI=1S/C10H12FN5/c1-6(2)10-13-14-15-16(10)9-5-7(11)3-4-8(9)12/h3-6H,12H2,1-2H3. The minimum atomic E-state index is -0.366. The van der Waals surface area contributed by atoms with Gasteiger partial charge in [0.25, 0.3) is 0 Å². The largest absolute Gasteiger partial charge is 0.397 e. The van der Waals surface area contributed by atoms with E-state index in [1.165, 1.54) is 22.9 Å². The lowest BCUT2D eigenvalue weighted by Crippen LogP contribution is -2.07. The third-order valence-electron chi connectivity index (χ3n) is 2.23. The number of anilines is 1. The molecule has 1 heterocycles. The minimum absolute atomic E-state index is 0.137. The van der Waals surface area contributed by atoms with Gasteiger partial charge in [0.1, 0.15) is 5.82 Å². The van der Waals surface area contributed by atoms with Gasteiger partial charge in [-0.05, 0) is 22.6 Å². The lowest BCUT2D eigenvalue weighted by Gasteiger charge is -2.09. The summed E-state index contributed by atoms with van der Waals surface area (Å²) in [5, 5.41) is 11.3. The number of nitrogen functional groups attached to an aromatic ring is 1. The van der Waals surface area contributed by atoms with E-state index in [9.17, 15) is 4.39 Å². The van der Waals surface area contributed by atoms with Crippen molar-refractivity contribution in [2.45, 2.75) is 19.8 Å². The highest BCUT2D eigenvalue weighted by molar-refractivity contribution is 5.57. The van der Waals surface area contributed by atoms with Crippen LogP contribution in [0.25, 0.3) is 5.69 Å². The molecule has 2 aromatic rings. The van der Waals surface area contributed by atoms with Gasteiger partial charge in [-0.15, -0.1) is 5.10 Å². The van der Waals surface area contributed by atoms with Crippen molar-refractivity contribution in [3.05, 3.63) is 29.8 Å². The number of rotatable bonds is 2. The molecule has 0 saturated heterocycles. The molecule has 84 valence electrons. The summed E-state index contributed by atoms with van der Waals surface area (Å²) >= 11 is 0. The Bertz CT molecular complexity index is 506. The van der Waals surface area contributed by atoms with E-state index in [0.717, 1.165) is 0 Å². The number of hydrogen-bond acceptors (Lipinski definition) is 4. The molecule has 0 aliphatic rings. The van der Waals surface area contributed by atoms with E-state index in [4.69, 9.17) is 5.73 Å². The van der Waals surface area contributed by atoms with Crippen LogP contribution < -0.4 is 5.73 Å². The maximum absolute atomic E-state index is 13.1. The maximum atomic E-state index is 13.1. The van der Waals surface area contributed by atoms with E-state index < -0.39 is 0 Å². The fraction of sp³-hybridized carbons (Fsp3) is 0.300. The van der Waals surface area contributed by atoms with Crippen molar-refractivity contribution in [2.24, 2.45) is 0 Å². The molecule has 0 unspecified atom stereocenters. The molecule has 0 aliphatic heterocycles. The highest BCUT2D eigenvalue weighted by Gasteiger charge is 2.14. The average Bonchev–Trinajstić information content (AvgIpc) is 2.70. The van der Waals surface area contributed by atoms with Gasteiger partial charge in [-0.2, -0.15) is 4.68 Å². The SMILES string of the molecule is CC(C)c1nnnn1-c1cc(F)ccc1N. The third-order valence-corrected chi connectivity index (χ3v) is 2.23. The normalized spacial score (nSPS) is 11.0. The molecule has 0 radical (unpaired) electrons. The first-order chi connectivity index (χ1) is 7.59. The molecule has 5 nitrogen and oxygen atoms in total. The van der Waals surface area contributed by atoms with Gasteiger partial charge in [0.05, 0.1) is 11.4 Å². The Kier molecular flexibility index (Phi) is 2.55. The summed E-state index contributed by atoms with van der Waals surface area (Å²) in [4.78, 5) is 0. The first-order valence-electron chi connectivity index (χ1n) is 4.93. The molecule has 2 rings (SSSR count). The number of hydrogen-bond donors (Lipinski definition) is 1. The van der Waals surface area contributed by atoms with Gasteiger partial charge in [-0.1, -0.05) is 13.8 Å². The van der Waals surface area contributed by atoms with Crippen molar-refractivity contribution in [2.75, 3.05) is 5.73 Å². The van der Waals surface area contributed by atoms with E-state index >= 15 is 0 Å². The van der Waals surface area contributed by atoms with E-state index in [1.54, 1.807) is 0 Å². The summed E-state index contributed by atoms with van der Waals surface area (Å²) in [5.74, 6) is 0.421. The van der Waals surface area contributed by atoms with Gasteiger partial charge < -0.3 is 5.73 Å². The van der Waals surface area contributed by atoms with Crippen LogP contribution in [-0.4, -0.2) is 20.2 Å². The van der Waals surface area contributed by atoms with Crippen molar-refractivity contribution < 1.29 is 4.39 Å². The van der Waals surface area contributed by atoms with Crippen molar-refractivity contribution in [1.82, 2.24) is 20.2 Å². The molecule has 0 saturated carbocycles. The molecule has 1 aromatic heterocycles. The molecule has 6 heteroatoms. The zero-order valence-electron chi connectivity index (χ0n) is 9.05. The lowest BCUT2D eigenvalue weighted by molar-refractivity contribution is 0.623. The first kappa shape index (κ1) is 10.5. The first-order valence-corrected chi connectivity index (χ1v) is 4.93. The zero-order chi connectivity index (χ0) is 11.7. The second-order valence-corrected chi connectivity index (χ2v) is 3.81. The van der Waals surface area contributed by atoms with Crippen LogP contribution in [0.2, 0.25) is 0 Å². The molecule has 0 fully saturated rings. The molecule has 0 aliphatic carbocycles. The number of tetrazole rings is 1. The molecule has 0 atom stereocenters. The van der Waals surface area contributed by atoms with Crippen LogP contribution in [0.5, 0.6) is 0 Å². The maximum Gasteiger partial charge on any atom is 0.159 e. The molecule has 2 N–H and O–H groups in total. The monoisotopic (exact) mass is 221 g/mol. The topological polar surface area (TPSA) is 69.6 Å². The summed E-state index contributed by atoms with van der Waals surface area (Å²) in [7, 11) is 0. The Balaban J connectivity index is 2.58. The summed E-state index contributed by atoms with van der Waals surface area (Å²) < 4.78 is 14.6. The van der Waals surface area contributed by atoms with E-state index in [0.29, 0.717) is 17.2 Å². The second kappa shape index (κ2) is 3.88. The molecule has 0 amide bonds. The Morgan fingerprint density at radius 2 is 2.12 bits per heavy atom. The molecule has 1 aromatic carbocycles. The van der Waals surface area contributed by atoms with Gasteiger partial charge in [0.15, 0.2) is 5.82 Å². The Morgan fingerprint density at radius 3 is 2.81 bits per heavy atom. The van der Waals surface area contributed by atoms with Crippen LogP contribution in [0.4, 0.5) is 10.1 Å². The van der Waals surface area contributed by atoms with E-state index in [2.05, 4.69) is 15.5 Å². The predicted molar refractivity (Wildman–Crippen MR) is 57.6 cm³/mol. The Hall–Kier alpha value is -1.98. The lowest BCUT2D eigenvalue weighted by atomic mass is 10.2. The van der Waals surface area contributed by atoms with Crippen molar-refractivity contribution in [3.63, 3.8) is 0 Å². The molecular weight excluding hydrogens is 209 g/mol. The molecular formula is C10H12FN5. The van der Waals surface area contributed by atoms with Gasteiger partial charge in [0, 0.05) is 12.0 Å². The summed E-state index contributed by atoms with van der Waals surface area (Å²) in [5.41, 5.74) is 6.67. The number of aromatic nitrogens is 4. The summed E-state index contributed by atoms with van der Waals surface area (Å²) in [6.07, 6.45) is 0. The predicted octanol–water partition coefficient (Wildman–Crippen LogP) is 1.51. The highest BCUT2D eigenvalue weighted by Crippen LogP contribution is 2.21. The van der Waals surface area contributed by atoms with Gasteiger partial charge in [0.2, 0.25) is 0 Å². The van der Waals surface area contributed by atoms with Crippen molar-refractivity contribution in [3.8, 4) is 5.69 Å². The molecule has 16 heavy (non-hydrogen) atoms. The number of nitrogens with zero attached hydrogens (tertiary/aromatic N) is 4. The van der Waals surface area contributed by atoms with Crippen LogP contribution >= 0.6 is 0 Å². The van der Waals surface area contributed by atoms with Crippen LogP contribution in [-0.2, 0) is 0 Å². The van der Waals surface area contributed by atoms with Crippen molar-refractivity contribution in [1.29, 1.82) is 0 Å². The van der Waals surface area contributed by atoms with Crippen LogP contribution in [0, 0.1) is 5.82 Å². The van der Waals surface area contributed by atoms with Gasteiger partial charge in [-0.25, -0.2) is 4.39 Å². The quantitative estimate of drug-likeness (QED) is 0.780. The van der Waals surface area contributed by atoms with Gasteiger partial charge >= 0.3 is 0 Å². The minimum Gasteiger partial charge on any atom is -0.397 e. The second-order valence-electron chi connectivity index (χ2n) is 3.81. The fourth-order valence-corrected chi connectivity index (χ4v) is 1.43. The molecule has 0 spiro atoms. The van der Waals surface area contributed by atoms with E-state index in [-0.39, 0.29) is 11.7 Å². The fourth-order valence-electron chi connectivity index (χ4n) is 1.43. The Morgan fingerprint density at radius 1 is 1.38 bits per heavy atom. The van der Waals surface area contributed by atoms with Crippen molar-refractivity contribution >= 4 is 5.69 Å². The number of benzene rings is 1. The summed E-state index contributed by atoms with van der Waals surface area (Å²) in [6, 6.07) is 4.12. The van der Waals surface area contributed by atoms with Crippen LogP contribution in [0.15, 0.2) is 18.2 Å². The highest BCUT2D eigenvalue weighted by atomic mass is 19.1. The smallest absolute Gasteiger partial charge is 0.159 e. The zero-order valence-corrected chi connectivity index (χ0v) is 9.05. The number of nitrogens with two attached hydrogens (primary N) is 1.